The fourth-order valence-corrected chi connectivity index (χ4v) is 0.250. The number of rotatable bonds is 3. The van der Waals surface area contributed by atoms with Gasteiger partial charge in [-0.25, -0.2) is 0 Å². The molecule has 0 heterocycles. The van der Waals surface area contributed by atoms with Gasteiger partial charge in [0.15, 0.2) is 0 Å². The lowest BCUT2D eigenvalue weighted by Crippen LogP contribution is -2.27. The number of hydrazine groups is 1. The van der Waals surface area contributed by atoms with E-state index in [-0.39, 0.29) is 17.0 Å². The Bertz CT molecular complexity index is 21.7. The average Bonchev–Trinajstić information content (AvgIpc) is 1.61. The van der Waals surface area contributed by atoms with Gasteiger partial charge in [-0.05, 0) is 13.5 Å². The molecule has 0 unspecified atom stereocenters. The van der Waals surface area contributed by atoms with Crippen molar-refractivity contribution in [1.82, 2.24) is 10.9 Å². The molecule has 2 nitrogen and oxygen atoms in total. The first-order valence-corrected chi connectivity index (χ1v) is 2.31. The summed E-state index contributed by atoms with van der Waals surface area (Å²) in [7, 11) is 1.87. The first-order chi connectivity index (χ1) is 2.91. The quantitative estimate of drug-likeness (QED) is 0.480. The lowest BCUT2D eigenvalue weighted by Gasteiger charge is -1.94. The van der Waals surface area contributed by atoms with Gasteiger partial charge in [0.1, 0.15) is 0 Å². The second kappa shape index (κ2) is 9.64. The zero-order valence-corrected chi connectivity index (χ0v) is 6.54. The monoisotopic (exact) mass is 168 g/mol. The van der Waals surface area contributed by atoms with Crippen molar-refractivity contribution in [3.8, 4) is 0 Å². The average molecular weight is 169 g/mol. The van der Waals surface area contributed by atoms with Crippen LogP contribution < -0.4 is 10.9 Å². The third-order valence-corrected chi connectivity index (χ3v) is 0.552. The number of nitrogens with one attached hydrogen (secondary N) is 2. The van der Waals surface area contributed by atoms with Crippen LogP contribution in [0.1, 0.15) is 13.3 Å². The van der Waals surface area contributed by atoms with Crippen molar-refractivity contribution in [2.75, 3.05) is 13.6 Å². The minimum absolute atomic E-state index is 0. The minimum Gasteiger partial charge on any atom is -0.261 e. The molecule has 0 aliphatic carbocycles. The van der Waals surface area contributed by atoms with Crippen LogP contribution >= 0.6 is 17.0 Å². The van der Waals surface area contributed by atoms with Crippen molar-refractivity contribution in [3.63, 3.8) is 0 Å². The minimum atomic E-state index is 0. The SMILES string of the molecule is Br.CCCNNC. The molecule has 0 fully saturated rings. The summed E-state index contributed by atoms with van der Waals surface area (Å²) in [5.74, 6) is 0. The summed E-state index contributed by atoms with van der Waals surface area (Å²) >= 11 is 0. The van der Waals surface area contributed by atoms with Crippen LogP contribution in [-0.4, -0.2) is 13.6 Å². The van der Waals surface area contributed by atoms with Crippen molar-refractivity contribution in [1.29, 1.82) is 0 Å². The summed E-state index contributed by atoms with van der Waals surface area (Å²) in [4.78, 5) is 0. The van der Waals surface area contributed by atoms with E-state index in [1.54, 1.807) is 0 Å². The summed E-state index contributed by atoms with van der Waals surface area (Å²) in [5, 5.41) is 0. The maximum absolute atomic E-state index is 2.95. The molecule has 0 aromatic carbocycles. The van der Waals surface area contributed by atoms with Crippen molar-refractivity contribution in [3.05, 3.63) is 0 Å². The van der Waals surface area contributed by atoms with E-state index in [0.717, 1.165) is 6.54 Å². The van der Waals surface area contributed by atoms with E-state index in [9.17, 15) is 0 Å². The Kier molecular flexibility index (Phi) is 14.3. The molecule has 7 heavy (non-hydrogen) atoms. The molecule has 0 radical (unpaired) electrons. The Morgan fingerprint density at radius 2 is 2.00 bits per heavy atom. The van der Waals surface area contributed by atoms with Gasteiger partial charge in [-0.15, -0.1) is 17.0 Å². The van der Waals surface area contributed by atoms with Gasteiger partial charge in [0, 0.05) is 6.54 Å². The summed E-state index contributed by atoms with van der Waals surface area (Å²) < 4.78 is 0. The van der Waals surface area contributed by atoms with Gasteiger partial charge in [-0.1, -0.05) is 6.92 Å². The standard InChI is InChI=1S/C4H12N2.BrH/c1-3-4-6-5-2;/h5-6H,3-4H2,1-2H3;1H. The Morgan fingerprint density at radius 1 is 1.43 bits per heavy atom. The van der Waals surface area contributed by atoms with Crippen molar-refractivity contribution in [2.24, 2.45) is 0 Å². The van der Waals surface area contributed by atoms with Gasteiger partial charge < -0.3 is 0 Å². The summed E-state index contributed by atoms with van der Waals surface area (Å²) in [6.07, 6.45) is 1.18. The summed E-state index contributed by atoms with van der Waals surface area (Å²) in [6.45, 7) is 3.18. The summed E-state index contributed by atoms with van der Waals surface area (Å²) in [5.41, 5.74) is 5.77. The van der Waals surface area contributed by atoms with E-state index in [0.29, 0.717) is 0 Å². The molecule has 46 valence electrons. The van der Waals surface area contributed by atoms with Crippen LogP contribution in [0, 0.1) is 0 Å². The van der Waals surface area contributed by atoms with Gasteiger partial charge in [0.2, 0.25) is 0 Å². The van der Waals surface area contributed by atoms with Crippen LogP contribution in [0.3, 0.4) is 0 Å². The molecule has 0 amide bonds. The van der Waals surface area contributed by atoms with Crippen molar-refractivity contribution < 1.29 is 0 Å². The largest absolute Gasteiger partial charge is 0.261 e. The molecule has 0 spiro atoms. The van der Waals surface area contributed by atoms with Gasteiger partial charge in [0.25, 0.3) is 0 Å². The normalized spacial score (nSPS) is 7.71. The number of halogens is 1. The highest BCUT2D eigenvalue weighted by molar-refractivity contribution is 8.93. The molecule has 0 rings (SSSR count). The molecular formula is C4H13BrN2. The Hall–Kier alpha value is 0.400. The van der Waals surface area contributed by atoms with Crippen LogP contribution in [0.4, 0.5) is 0 Å². The molecule has 2 N–H and O–H groups in total. The van der Waals surface area contributed by atoms with E-state index in [1.165, 1.54) is 6.42 Å². The maximum atomic E-state index is 2.95. The molecule has 0 aromatic heterocycles. The van der Waals surface area contributed by atoms with E-state index in [1.807, 2.05) is 7.05 Å². The third-order valence-electron chi connectivity index (χ3n) is 0.552. The van der Waals surface area contributed by atoms with E-state index < -0.39 is 0 Å². The second-order valence-corrected chi connectivity index (χ2v) is 1.18. The maximum Gasteiger partial charge on any atom is 0.00970 e. The molecule has 0 saturated heterocycles. The van der Waals surface area contributed by atoms with Gasteiger partial charge in [-0.2, -0.15) is 0 Å². The Labute approximate surface area is 55.4 Å². The van der Waals surface area contributed by atoms with E-state index in [2.05, 4.69) is 17.8 Å². The van der Waals surface area contributed by atoms with Crippen LogP contribution in [0.15, 0.2) is 0 Å². The Morgan fingerprint density at radius 3 is 2.14 bits per heavy atom. The molecule has 3 heteroatoms. The molecule has 0 saturated carbocycles. The first-order valence-electron chi connectivity index (χ1n) is 2.31. The van der Waals surface area contributed by atoms with Crippen molar-refractivity contribution in [2.45, 2.75) is 13.3 Å². The fourth-order valence-electron chi connectivity index (χ4n) is 0.250. The Balaban J connectivity index is 0. The van der Waals surface area contributed by atoms with Gasteiger partial charge >= 0.3 is 0 Å². The second-order valence-electron chi connectivity index (χ2n) is 1.18. The number of hydrogen-bond donors (Lipinski definition) is 2. The highest BCUT2D eigenvalue weighted by Crippen LogP contribution is 1.62. The topological polar surface area (TPSA) is 24.1 Å². The van der Waals surface area contributed by atoms with Gasteiger partial charge in [0.05, 0.1) is 0 Å². The zero-order valence-electron chi connectivity index (χ0n) is 4.82. The smallest absolute Gasteiger partial charge is 0.00970 e. The highest BCUT2D eigenvalue weighted by atomic mass is 79.9. The predicted molar refractivity (Wildman–Crippen MR) is 37.7 cm³/mol. The van der Waals surface area contributed by atoms with Crippen LogP contribution in [-0.2, 0) is 0 Å². The molecule has 0 bridgehead atoms. The number of hydrogen-bond acceptors (Lipinski definition) is 2. The van der Waals surface area contributed by atoms with Crippen LogP contribution in [0.2, 0.25) is 0 Å². The van der Waals surface area contributed by atoms with E-state index in [4.69, 9.17) is 0 Å². The molecular weight excluding hydrogens is 156 g/mol. The summed E-state index contributed by atoms with van der Waals surface area (Å²) in [6, 6.07) is 0. The van der Waals surface area contributed by atoms with E-state index >= 15 is 0 Å². The zero-order chi connectivity index (χ0) is 4.83. The molecule has 0 aliphatic heterocycles. The predicted octanol–water partition coefficient (Wildman–Crippen LogP) is 0.698. The first kappa shape index (κ1) is 10.4. The van der Waals surface area contributed by atoms with Crippen LogP contribution in [0.5, 0.6) is 0 Å². The highest BCUT2D eigenvalue weighted by Gasteiger charge is 1.69. The lowest BCUT2D eigenvalue weighted by atomic mass is 10.5. The lowest BCUT2D eigenvalue weighted by molar-refractivity contribution is 0.590. The molecule has 0 aromatic rings. The van der Waals surface area contributed by atoms with Crippen LogP contribution in [0.25, 0.3) is 0 Å². The fraction of sp³-hybridized carbons (Fsp3) is 1.00. The molecule has 0 atom stereocenters. The van der Waals surface area contributed by atoms with Gasteiger partial charge in [-0.3, -0.25) is 10.9 Å². The third kappa shape index (κ3) is 10.7. The molecule has 0 aliphatic rings. The van der Waals surface area contributed by atoms with Crippen molar-refractivity contribution >= 4 is 17.0 Å².